The molecule has 0 aliphatic heterocycles. The van der Waals surface area contributed by atoms with Crippen LogP contribution >= 0.6 is 12.6 Å². The number of rotatable bonds is 3. The lowest BCUT2D eigenvalue weighted by Crippen LogP contribution is -2.37. The molecule has 0 aliphatic carbocycles. The first-order valence-electron chi connectivity index (χ1n) is 4.64. The fraction of sp³-hybridized carbons (Fsp3) is 0.364. The lowest BCUT2D eigenvalue weighted by Gasteiger charge is -2.26. The van der Waals surface area contributed by atoms with Gasteiger partial charge in [-0.05, 0) is 26.0 Å². The van der Waals surface area contributed by atoms with Gasteiger partial charge >= 0.3 is 0 Å². The van der Waals surface area contributed by atoms with Crippen LogP contribution in [-0.2, 0) is 4.79 Å². The van der Waals surface area contributed by atoms with Gasteiger partial charge in [0.15, 0.2) is 0 Å². The molecule has 0 N–H and O–H groups in total. The topological polar surface area (TPSA) is 20.3 Å². The Morgan fingerprint density at radius 3 is 2.36 bits per heavy atom. The predicted molar refractivity (Wildman–Crippen MR) is 62.9 cm³/mol. The Kier molecular flexibility index (Phi) is 4.01. The number of hydrogen-bond acceptors (Lipinski definition) is 2. The Balaban J connectivity index is 2.95. The number of carbonyl (C=O) groups is 1. The summed E-state index contributed by atoms with van der Waals surface area (Å²) < 4.78 is 0. The van der Waals surface area contributed by atoms with Crippen LogP contribution in [0.5, 0.6) is 0 Å². The van der Waals surface area contributed by atoms with Crippen LogP contribution in [0.3, 0.4) is 0 Å². The summed E-state index contributed by atoms with van der Waals surface area (Å²) in [6, 6.07) is 9.82. The highest BCUT2D eigenvalue weighted by atomic mass is 32.1. The molecule has 0 fully saturated rings. The van der Waals surface area contributed by atoms with E-state index in [4.69, 9.17) is 0 Å². The minimum Gasteiger partial charge on any atom is -0.309 e. The molecule has 0 saturated heterocycles. The van der Waals surface area contributed by atoms with E-state index >= 15 is 0 Å². The molecule has 2 nitrogen and oxygen atoms in total. The van der Waals surface area contributed by atoms with Gasteiger partial charge in [-0.1, -0.05) is 18.2 Å². The zero-order valence-electron chi connectivity index (χ0n) is 8.47. The van der Waals surface area contributed by atoms with Gasteiger partial charge in [-0.3, -0.25) is 4.79 Å². The first kappa shape index (κ1) is 11.1. The maximum Gasteiger partial charge on any atom is 0.236 e. The maximum absolute atomic E-state index is 11.6. The van der Waals surface area contributed by atoms with Gasteiger partial charge in [0.1, 0.15) is 0 Å². The van der Waals surface area contributed by atoms with Crippen molar-refractivity contribution in [2.75, 3.05) is 10.7 Å². The molecule has 1 rings (SSSR count). The van der Waals surface area contributed by atoms with Gasteiger partial charge in [-0.15, -0.1) is 0 Å². The van der Waals surface area contributed by atoms with Gasteiger partial charge in [-0.2, -0.15) is 12.6 Å². The highest BCUT2D eigenvalue weighted by Crippen LogP contribution is 2.16. The highest BCUT2D eigenvalue weighted by Gasteiger charge is 2.16. The average Bonchev–Trinajstić information content (AvgIpc) is 2.19. The zero-order valence-corrected chi connectivity index (χ0v) is 9.37. The van der Waals surface area contributed by atoms with E-state index < -0.39 is 0 Å². The summed E-state index contributed by atoms with van der Waals surface area (Å²) in [5, 5.41) is 0. The fourth-order valence-corrected chi connectivity index (χ4v) is 1.55. The zero-order chi connectivity index (χ0) is 10.6. The molecule has 0 heterocycles. The second-order valence-electron chi connectivity index (χ2n) is 3.35. The predicted octanol–water partition coefficient (Wildman–Crippen LogP) is 2.36. The molecule has 3 heteroatoms. The molecule has 0 spiro atoms. The lowest BCUT2D eigenvalue weighted by atomic mass is 10.2. The Bertz CT molecular complexity index is 297. The van der Waals surface area contributed by atoms with Crippen molar-refractivity contribution in [3.63, 3.8) is 0 Å². The SMILES string of the molecule is CC(C)N(C(=O)CS)c1ccccc1. The van der Waals surface area contributed by atoms with E-state index in [-0.39, 0.29) is 17.7 Å². The van der Waals surface area contributed by atoms with Crippen LogP contribution in [0.2, 0.25) is 0 Å². The average molecular weight is 209 g/mol. The van der Waals surface area contributed by atoms with Crippen LogP contribution in [-0.4, -0.2) is 17.7 Å². The van der Waals surface area contributed by atoms with E-state index in [9.17, 15) is 4.79 Å². The third-order valence-electron chi connectivity index (χ3n) is 1.95. The summed E-state index contributed by atoms with van der Waals surface area (Å²) in [7, 11) is 0. The first-order valence-corrected chi connectivity index (χ1v) is 5.28. The molecule has 0 aliphatic rings. The number of thiol groups is 1. The standard InChI is InChI=1S/C11H15NOS/c1-9(2)12(11(13)8-14)10-6-4-3-5-7-10/h3-7,9,14H,8H2,1-2H3. The van der Waals surface area contributed by atoms with Gasteiger partial charge in [-0.25, -0.2) is 0 Å². The number of anilines is 1. The molecular weight excluding hydrogens is 194 g/mol. The van der Waals surface area contributed by atoms with Crippen molar-refractivity contribution in [3.8, 4) is 0 Å². The van der Waals surface area contributed by atoms with E-state index in [1.165, 1.54) is 0 Å². The smallest absolute Gasteiger partial charge is 0.236 e. The van der Waals surface area contributed by atoms with Crippen molar-refractivity contribution in [1.82, 2.24) is 0 Å². The van der Waals surface area contributed by atoms with Gasteiger partial charge in [0.2, 0.25) is 5.91 Å². The van der Waals surface area contributed by atoms with E-state index in [1.54, 1.807) is 4.90 Å². The Morgan fingerprint density at radius 2 is 1.93 bits per heavy atom. The monoisotopic (exact) mass is 209 g/mol. The summed E-state index contributed by atoms with van der Waals surface area (Å²) in [6.07, 6.45) is 0. The molecule has 1 amide bonds. The van der Waals surface area contributed by atoms with E-state index in [0.717, 1.165) is 5.69 Å². The third-order valence-corrected chi connectivity index (χ3v) is 2.23. The Morgan fingerprint density at radius 1 is 1.36 bits per heavy atom. The third kappa shape index (κ3) is 2.51. The van der Waals surface area contributed by atoms with Crippen molar-refractivity contribution in [3.05, 3.63) is 30.3 Å². The maximum atomic E-state index is 11.6. The quantitative estimate of drug-likeness (QED) is 0.758. The summed E-state index contributed by atoms with van der Waals surface area (Å²) in [6.45, 7) is 3.99. The summed E-state index contributed by atoms with van der Waals surface area (Å²) >= 11 is 4.01. The lowest BCUT2D eigenvalue weighted by molar-refractivity contribution is -0.116. The molecule has 1 aromatic rings. The molecule has 14 heavy (non-hydrogen) atoms. The van der Waals surface area contributed by atoms with Crippen LogP contribution in [0.15, 0.2) is 30.3 Å². The minimum atomic E-state index is 0.0366. The molecule has 0 bridgehead atoms. The number of hydrogen-bond donors (Lipinski definition) is 1. The normalized spacial score (nSPS) is 10.3. The molecular formula is C11H15NOS. The Hall–Kier alpha value is -0.960. The van der Waals surface area contributed by atoms with Crippen molar-refractivity contribution in [2.45, 2.75) is 19.9 Å². The molecule has 0 radical (unpaired) electrons. The van der Waals surface area contributed by atoms with Gasteiger partial charge in [0, 0.05) is 11.7 Å². The molecule has 0 aromatic heterocycles. The number of carbonyl (C=O) groups excluding carboxylic acids is 1. The van der Waals surface area contributed by atoms with Crippen molar-refractivity contribution in [2.24, 2.45) is 0 Å². The van der Waals surface area contributed by atoms with Crippen molar-refractivity contribution < 1.29 is 4.79 Å². The van der Waals surface area contributed by atoms with Crippen LogP contribution in [0.25, 0.3) is 0 Å². The number of para-hydroxylation sites is 1. The fourth-order valence-electron chi connectivity index (χ4n) is 1.39. The molecule has 0 atom stereocenters. The second-order valence-corrected chi connectivity index (χ2v) is 3.67. The van der Waals surface area contributed by atoms with E-state index in [2.05, 4.69) is 12.6 Å². The summed E-state index contributed by atoms with van der Waals surface area (Å²) in [4.78, 5) is 13.4. The summed E-state index contributed by atoms with van der Waals surface area (Å²) in [5.74, 6) is 0.280. The largest absolute Gasteiger partial charge is 0.309 e. The van der Waals surface area contributed by atoms with Gasteiger partial charge < -0.3 is 4.90 Å². The van der Waals surface area contributed by atoms with Crippen molar-refractivity contribution in [1.29, 1.82) is 0 Å². The van der Waals surface area contributed by atoms with Crippen LogP contribution in [0, 0.1) is 0 Å². The minimum absolute atomic E-state index is 0.0366. The number of nitrogens with zero attached hydrogens (tertiary/aromatic N) is 1. The Labute approximate surface area is 90.3 Å². The van der Waals surface area contributed by atoms with Crippen molar-refractivity contribution >= 4 is 24.2 Å². The molecule has 1 aromatic carbocycles. The van der Waals surface area contributed by atoms with Gasteiger partial charge in [0.25, 0.3) is 0 Å². The summed E-state index contributed by atoms with van der Waals surface area (Å²) in [5.41, 5.74) is 0.932. The molecule has 0 unspecified atom stereocenters. The van der Waals surface area contributed by atoms with E-state index in [0.29, 0.717) is 0 Å². The highest BCUT2D eigenvalue weighted by molar-refractivity contribution is 7.81. The van der Waals surface area contributed by atoms with Crippen LogP contribution < -0.4 is 4.90 Å². The number of benzene rings is 1. The number of amides is 1. The van der Waals surface area contributed by atoms with Crippen LogP contribution in [0.1, 0.15) is 13.8 Å². The van der Waals surface area contributed by atoms with E-state index in [1.807, 2.05) is 44.2 Å². The second kappa shape index (κ2) is 5.05. The molecule has 0 saturated carbocycles. The van der Waals surface area contributed by atoms with Gasteiger partial charge in [0.05, 0.1) is 5.75 Å². The van der Waals surface area contributed by atoms with Crippen LogP contribution in [0.4, 0.5) is 5.69 Å². The first-order chi connectivity index (χ1) is 6.66. The molecule has 76 valence electrons.